The molecule has 0 aromatic heterocycles. The number of ether oxygens (including phenoxy) is 1. The van der Waals surface area contributed by atoms with Gasteiger partial charge < -0.3 is 4.74 Å². The van der Waals surface area contributed by atoms with Gasteiger partial charge in [-0.05, 0) is 18.1 Å². The van der Waals surface area contributed by atoms with Crippen molar-refractivity contribution in [1.29, 1.82) is 0 Å². The molecule has 0 aliphatic rings. The van der Waals surface area contributed by atoms with Crippen LogP contribution in [0.3, 0.4) is 0 Å². The zero-order valence-corrected chi connectivity index (χ0v) is 13.2. The maximum absolute atomic E-state index is 11.6. The Hall–Kier alpha value is -2.13. The first-order chi connectivity index (χ1) is 10.7. The van der Waals surface area contributed by atoms with Crippen molar-refractivity contribution >= 4 is 5.97 Å². The molecular formula is C19H23NO2. The molecule has 0 amide bonds. The summed E-state index contributed by atoms with van der Waals surface area (Å²) in [5.74, 6) is -0.168. The van der Waals surface area contributed by atoms with Gasteiger partial charge in [-0.1, -0.05) is 60.7 Å². The van der Waals surface area contributed by atoms with Crippen molar-refractivity contribution < 1.29 is 9.53 Å². The maximum atomic E-state index is 11.6. The SMILES string of the molecule is COC(=O)C[C@H](C)N(Cc1ccccc1)Cc1ccccc1. The number of carbonyl (C=O) groups is 1. The molecule has 0 radical (unpaired) electrons. The summed E-state index contributed by atoms with van der Waals surface area (Å²) in [6.07, 6.45) is 0.399. The largest absolute Gasteiger partial charge is 0.469 e. The van der Waals surface area contributed by atoms with Crippen LogP contribution in [0.25, 0.3) is 0 Å². The lowest BCUT2D eigenvalue weighted by molar-refractivity contribution is -0.142. The summed E-state index contributed by atoms with van der Waals surface area (Å²) >= 11 is 0. The summed E-state index contributed by atoms with van der Waals surface area (Å²) in [6.45, 7) is 3.70. The van der Waals surface area contributed by atoms with Gasteiger partial charge >= 0.3 is 5.97 Å². The molecule has 0 fully saturated rings. The molecule has 2 aromatic rings. The van der Waals surface area contributed by atoms with Crippen LogP contribution in [0.4, 0.5) is 0 Å². The van der Waals surface area contributed by atoms with Crippen LogP contribution in [0.15, 0.2) is 60.7 Å². The Morgan fingerprint density at radius 2 is 1.41 bits per heavy atom. The molecule has 0 heterocycles. The molecule has 0 unspecified atom stereocenters. The van der Waals surface area contributed by atoms with Crippen LogP contribution in [0.1, 0.15) is 24.5 Å². The number of hydrogen-bond acceptors (Lipinski definition) is 3. The van der Waals surface area contributed by atoms with Crippen LogP contribution >= 0.6 is 0 Å². The highest BCUT2D eigenvalue weighted by Crippen LogP contribution is 2.15. The van der Waals surface area contributed by atoms with E-state index >= 15 is 0 Å². The molecule has 22 heavy (non-hydrogen) atoms. The fourth-order valence-corrected chi connectivity index (χ4v) is 2.46. The molecule has 3 nitrogen and oxygen atoms in total. The normalized spacial score (nSPS) is 12.1. The zero-order chi connectivity index (χ0) is 15.8. The number of hydrogen-bond donors (Lipinski definition) is 0. The fourth-order valence-electron chi connectivity index (χ4n) is 2.46. The molecule has 0 saturated carbocycles. The predicted molar refractivity (Wildman–Crippen MR) is 88.2 cm³/mol. The van der Waals surface area contributed by atoms with Crippen LogP contribution in [0.2, 0.25) is 0 Å². The number of carbonyl (C=O) groups excluding carboxylic acids is 1. The highest BCUT2D eigenvalue weighted by molar-refractivity contribution is 5.69. The van der Waals surface area contributed by atoms with Crippen molar-refractivity contribution in [3.8, 4) is 0 Å². The van der Waals surface area contributed by atoms with Gasteiger partial charge in [-0.15, -0.1) is 0 Å². The predicted octanol–water partition coefficient (Wildman–Crippen LogP) is 3.64. The third kappa shape index (κ3) is 5.01. The quantitative estimate of drug-likeness (QED) is 0.731. The van der Waals surface area contributed by atoms with E-state index in [-0.39, 0.29) is 12.0 Å². The Morgan fingerprint density at radius 1 is 0.955 bits per heavy atom. The van der Waals surface area contributed by atoms with Gasteiger partial charge in [0, 0.05) is 19.1 Å². The highest BCUT2D eigenvalue weighted by atomic mass is 16.5. The standard InChI is InChI=1S/C19H23NO2/c1-16(13-19(21)22-2)20(14-17-9-5-3-6-10-17)15-18-11-7-4-8-12-18/h3-12,16H,13-15H2,1-2H3/t16-/m0/s1. The first kappa shape index (κ1) is 16.2. The topological polar surface area (TPSA) is 29.5 Å². The second-order valence-electron chi connectivity index (χ2n) is 5.51. The van der Waals surface area contributed by atoms with Gasteiger partial charge in [0.05, 0.1) is 13.5 Å². The molecule has 0 aliphatic carbocycles. The molecule has 2 aromatic carbocycles. The molecule has 2 rings (SSSR count). The van der Waals surface area contributed by atoms with Crippen LogP contribution in [-0.4, -0.2) is 24.0 Å². The Bertz CT molecular complexity index is 527. The van der Waals surface area contributed by atoms with Crippen LogP contribution in [-0.2, 0) is 22.6 Å². The summed E-state index contributed by atoms with van der Waals surface area (Å²) in [5.41, 5.74) is 2.49. The van der Waals surface area contributed by atoms with Gasteiger partial charge in [-0.25, -0.2) is 0 Å². The Morgan fingerprint density at radius 3 is 1.82 bits per heavy atom. The van der Waals surface area contributed by atoms with Gasteiger partial charge in [0.25, 0.3) is 0 Å². The van der Waals surface area contributed by atoms with Crippen molar-refractivity contribution in [3.05, 3.63) is 71.8 Å². The van der Waals surface area contributed by atoms with E-state index in [1.165, 1.54) is 18.2 Å². The summed E-state index contributed by atoms with van der Waals surface area (Å²) in [5, 5.41) is 0. The van der Waals surface area contributed by atoms with Crippen molar-refractivity contribution in [2.24, 2.45) is 0 Å². The monoisotopic (exact) mass is 297 g/mol. The fraction of sp³-hybridized carbons (Fsp3) is 0.316. The molecule has 1 atom stereocenters. The number of benzene rings is 2. The van der Waals surface area contributed by atoms with Crippen LogP contribution < -0.4 is 0 Å². The average Bonchev–Trinajstić information content (AvgIpc) is 2.56. The zero-order valence-electron chi connectivity index (χ0n) is 13.2. The average molecular weight is 297 g/mol. The molecule has 0 aliphatic heterocycles. The first-order valence-corrected chi connectivity index (χ1v) is 7.57. The lowest BCUT2D eigenvalue weighted by atomic mass is 10.1. The van der Waals surface area contributed by atoms with E-state index in [9.17, 15) is 4.79 Å². The Labute approximate surface area is 132 Å². The van der Waals surface area contributed by atoms with Gasteiger partial charge in [0.15, 0.2) is 0 Å². The minimum absolute atomic E-state index is 0.118. The van der Waals surface area contributed by atoms with E-state index < -0.39 is 0 Å². The van der Waals surface area contributed by atoms with E-state index in [1.54, 1.807) is 0 Å². The van der Waals surface area contributed by atoms with E-state index in [4.69, 9.17) is 4.74 Å². The van der Waals surface area contributed by atoms with E-state index in [1.807, 2.05) is 36.4 Å². The number of methoxy groups -OCH3 is 1. The second kappa shape index (κ2) is 8.35. The summed E-state index contributed by atoms with van der Waals surface area (Å²) < 4.78 is 4.81. The number of nitrogens with zero attached hydrogens (tertiary/aromatic N) is 1. The van der Waals surface area contributed by atoms with E-state index in [2.05, 4.69) is 36.1 Å². The van der Waals surface area contributed by atoms with Crippen molar-refractivity contribution in [1.82, 2.24) is 4.90 Å². The molecule has 0 spiro atoms. The van der Waals surface area contributed by atoms with Crippen molar-refractivity contribution in [2.75, 3.05) is 7.11 Å². The molecule has 116 valence electrons. The number of esters is 1. The Balaban J connectivity index is 2.10. The summed E-state index contributed by atoms with van der Waals surface area (Å²) in [4.78, 5) is 13.9. The van der Waals surface area contributed by atoms with Gasteiger partial charge in [-0.2, -0.15) is 0 Å². The summed E-state index contributed by atoms with van der Waals surface area (Å²) in [6, 6.07) is 20.8. The lowest BCUT2D eigenvalue weighted by Crippen LogP contribution is -2.34. The minimum Gasteiger partial charge on any atom is -0.469 e. The molecule has 0 N–H and O–H groups in total. The first-order valence-electron chi connectivity index (χ1n) is 7.57. The van der Waals surface area contributed by atoms with Crippen molar-refractivity contribution in [2.45, 2.75) is 32.5 Å². The maximum Gasteiger partial charge on any atom is 0.307 e. The lowest BCUT2D eigenvalue weighted by Gasteiger charge is -2.28. The van der Waals surface area contributed by atoms with E-state index in [0.29, 0.717) is 6.42 Å². The molecule has 0 saturated heterocycles. The molecule has 0 bridgehead atoms. The van der Waals surface area contributed by atoms with Gasteiger partial charge in [0.2, 0.25) is 0 Å². The van der Waals surface area contributed by atoms with Gasteiger partial charge in [-0.3, -0.25) is 9.69 Å². The van der Waals surface area contributed by atoms with Crippen LogP contribution in [0, 0.1) is 0 Å². The van der Waals surface area contributed by atoms with Crippen LogP contribution in [0.5, 0.6) is 0 Å². The smallest absolute Gasteiger partial charge is 0.307 e. The second-order valence-corrected chi connectivity index (χ2v) is 5.51. The van der Waals surface area contributed by atoms with E-state index in [0.717, 1.165) is 13.1 Å². The third-order valence-corrected chi connectivity index (χ3v) is 3.77. The summed E-state index contributed by atoms with van der Waals surface area (Å²) in [7, 11) is 1.44. The third-order valence-electron chi connectivity index (χ3n) is 3.77. The van der Waals surface area contributed by atoms with Crippen molar-refractivity contribution in [3.63, 3.8) is 0 Å². The molecular weight excluding hydrogens is 274 g/mol. The number of rotatable bonds is 7. The Kier molecular flexibility index (Phi) is 6.16. The highest BCUT2D eigenvalue weighted by Gasteiger charge is 2.18. The van der Waals surface area contributed by atoms with Gasteiger partial charge in [0.1, 0.15) is 0 Å². The molecule has 3 heteroatoms. The minimum atomic E-state index is -0.168.